The molecule has 0 aliphatic carbocycles. The van der Waals surface area contributed by atoms with Gasteiger partial charge in [0, 0.05) is 20.9 Å². The Morgan fingerprint density at radius 3 is 2.55 bits per heavy atom. The Bertz CT molecular complexity index is 260. The number of hydrogen-bond donors (Lipinski definition) is 1. The first-order valence-electron chi connectivity index (χ1n) is 3.25. The molecule has 4 heteroatoms. The summed E-state index contributed by atoms with van der Waals surface area (Å²) in [6, 6.07) is 0. The van der Waals surface area contributed by atoms with Crippen LogP contribution in [0.2, 0.25) is 0 Å². The monoisotopic (exact) mass is 153 g/mol. The van der Waals surface area contributed by atoms with Gasteiger partial charge in [0.2, 0.25) is 5.82 Å². The molecule has 0 aromatic carbocycles. The van der Waals surface area contributed by atoms with Gasteiger partial charge in [0.25, 0.3) is 5.91 Å². The molecule has 0 aliphatic heterocycles. The van der Waals surface area contributed by atoms with E-state index in [0.29, 0.717) is 0 Å². The summed E-state index contributed by atoms with van der Waals surface area (Å²) in [7, 11) is 1.55. The predicted molar refractivity (Wildman–Crippen MR) is 42.3 cm³/mol. The van der Waals surface area contributed by atoms with Crippen LogP contribution in [-0.4, -0.2) is 22.9 Å². The summed E-state index contributed by atoms with van der Waals surface area (Å²) >= 11 is 0. The fourth-order valence-corrected chi connectivity index (χ4v) is 0.622. The van der Waals surface area contributed by atoms with E-state index in [0.717, 1.165) is 5.56 Å². The zero-order valence-corrected chi connectivity index (χ0v) is 6.46. The number of hydrogen-bond acceptors (Lipinski definition) is 3. The second-order valence-electron chi connectivity index (χ2n) is 2.16. The second-order valence-corrected chi connectivity index (χ2v) is 2.16. The lowest BCUT2D eigenvalue weighted by Crippen LogP contribution is -2.20. The molecule has 0 saturated carbocycles. The first kappa shape index (κ1) is 7.65. The van der Waals surface area contributed by atoms with Crippen LogP contribution in [0, 0.1) is 6.92 Å². The van der Waals surface area contributed by atoms with Crippen LogP contribution in [-0.2, 0) is 0 Å². The van der Waals surface area contributed by atoms with Crippen LogP contribution in [0.4, 0.5) is 0 Å². The molecule has 0 bridgehead atoms. The number of nitrogens with one attached hydrogen (secondary N) is 1. The van der Waals surface area contributed by atoms with Gasteiger partial charge < -0.3 is 5.32 Å². The van der Waals surface area contributed by atoms with Crippen LogP contribution in [0.15, 0.2) is 12.4 Å². The highest BCUT2D eigenvalue weighted by atomic mass is 16.2. The van der Waals surface area contributed by atoms with E-state index in [1.165, 1.54) is 0 Å². The highest BCUT2D eigenvalue weighted by molar-refractivity contribution is 5.89. The number of carbonyl (C=O) groups excluding carboxylic acids is 1. The molecule has 1 amide bonds. The smallest absolute Gasteiger partial charge is 0.288 e. The Morgan fingerprint density at radius 1 is 1.55 bits per heavy atom. The van der Waals surface area contributed by atoms with Gasteiger partial charge in [0.1, 0.15) is 0 Å². The van der Waals surface area contributed by atoms with Gasteiger partial charge in [-0.3, -0.25) is 4.79 Å². The average Bonchev–Trinajstić information content (AvgIpc) is 2.05. The minimum Gasteiger partial charge on any atom is -0.352 e. The third-order valence-corrected chi connectivity index (χ3v) is 1.21. The molecule has 0 radical (unpaired) electrons. The molecule has 0 saturated heterocycles. The predicted octanol–water partition coefficient (Wildman–Crippen LogP) is 0.391. The van der Waals surface area contributed by atoms with Crippen molar-refractivity contribution in [2.75, 3.05) is 7.05 Å². The number of amides is 1. The molecule has 60 valence electrons. The summed E-state index contributed by atoms with van der Waals surface area (Å²) in [5, 5.41) is 2.44. The van der Waals surface area contributed by atoms with Gasteiger partial charge >= 0.3 is 0 Å². The van der Waals surface area contributed by atoms with E-state index in [-0.39, 0.29) is 13.2 Å². The summed E-state index contributed by atoms with van der Waals surface area (Å²) < 4.78 is 0. The highest BCUT2D eigenvalue weighted by Gasteiger charge is 2.03. The standard InChI is InChI=1S/C7H9N3O.H2/c1-5-3-9-6(10-4-5)7(11)8-2;/h3-4H,1-2H3,(H,8,11);1H. The molecule has 1 aromatic heterocycles. The van der Waals surface area contributed by atoms with Gasteiger partial charge in [-0.2, -0.15) is 0 Å². The molecule has 1 rings (SSSR count). The first-order valence-corrected chi connectivity index (χ1v) is 3.25. The van der Waals surface area contributed by atoms with Crippen molar-refractivity contribution in [2.45, 2.75) is 6.92 Å². The summed E-state index contributed by atoms with van der Waals surface area (Å²) in [4.78, 5) is 18.5. The van der Waals surface area contributed by atoms with E-state index >= 15 is 0 Å². The molecule has 1 aromatic rings. The van der Waals surface area contributed by atoms with E-state index in [2.05, 4.69) is 15.3 Å². The van der Waals surface area contributed by atoms with Crippen molar-refractivity contribution in [1.29, 1.82) is 0 Å². The van der Waals surface area contributed by atoms with Crippen LogP contribution in [0.25, 0.3) is 0 Å². The molecule has 4 nitrogen and oxygen atoms in total. The van der Waals surface area contributed by atoms with Crippen LogP contribution >= 0.6 is 0 Å². The van der Waals surface area contributed by atoms with Gasteiger partial charge in [-0.05, 0) is 12.5 Å². The van der Waals surface area contributed by atoms with Crippen LogP contribution in [0.1, 0.15) is 17.6 Å². The number of nitrogens with zero attached hydrogens (tertiary/aromatic N) is 2. The van der Waals surface area contributed by atoms with Gasteiger partial charge in [-0.25, -0.2) is 9.97 Å². The third-order valence-electron chi connectivity index (χ3n) is 1.21. The Balaban J connectivity index is 0.00000121. The fraction of sp³-hybridized carbons (Fsp3) is 0.286. The average molecular weight is 153 g/mol. The van der Waals surface area contributed by atoms with E-state index in [1.807, 2.05) is 6.92 Å². The molecule has 0 fully saturated rings. The van der Waals surface area contributed by atoms with Crippen molar-refractivity contribution in [1.82, 2.24) is 15.3 Å². The van der Waals surface area contributed by atoms with Crippen molar-refractivity contribution in [3.05, 3.63) is 23.8 Å². The largest absolute Gasteiger partial charge is 0.352 e. The van der Waals surface area contributed by atoms with E-state index < -0.39 is 0 Å². The van der Waals surface area contributed by atoms with Gasteiger partial charge in [-0.1, -0.05) is 0 Å². The molecular weight excluding hydrogens is 142 g/mol. The zero-order chi connectivity index (χ0) is 8.27. The quantitative estimate of drug-likeness (QED) is 0.635. The van der Waals surface area contributed by atoms with E-state index in [4.69, 9.17) is 0 Å². The Kier molecular flexibility index (Phi) is 2.15. The fourth-order valence-electron chi connectivity index (χ4n) is 0.622. The minimum absolute atomic E-state index is 0. The molecular formula is C7H11N3O. The molecule has 0 spiro atoms. The summed E-state index contributed by atoms with van der Waals surface area (Å²) in [6.07, 6.45) is 3.22. The lowest BCUT2D eigenvalue weighted by molar-refractivity contribution is 0.0952. The molecule has 0 atom stereocenters. The minimum atomic E-state index is -0.259. The van der Waals surface area contributed by atoms with Gasteiger partial charge in [0.15, 0.2) is 0 Å². The number of aryl methyl sites for hydroxylation is 1. The Labute approximate surface area is 66.2 Å². The topological polar surface area (TPSA) is 54.9 Å². The molecule has 11 heavy (non-hydrogen) atoms. The molecule has 1 N–H and O–H groups in total. The van der Waals surface area contributed by atoms with Crippen LogP contribution in [0.5, 0.6) is 0 Å². The Morgan fingerprint density at radius 2 is 2.09 bits per heavy atom. The maximum atomic E-state index is 10.9. The lowest BCUT2D eigenvalue weighted by Gasteiger charge is -1.96. The van der Waals surface area contributed by atoms with Gasteiger partial charge in [0.05, 0.1) is 0 Å². The SMILES string of the molecule is CNC(=O)c1ncc(C)cn1.[HH]. The number of aromatic nitrogens is 2. The summed E-state index contributed by atoms with van der Waals surface area (Å²) in [5.41, 5.74) is 0.942. The maximum Gasteiger partial charge on any atom is 0.288 e. The zero-order valence-electron chi connectivity index (χ0n) is 6.46. The van der Waals surface area contributed by atoms with Gasteiger partial charge in [-0.15, -0.1) is 0 Å². The summed E-state index contributed by atoms with van der Waals surface area (Å²) in [6.45, 7) is 1.87. The number of carbonyl (C=O) groups is 1. The molecule has 0 aliphatic rings. The molecule has 1 heterocycles. The highest BCUT2D eigenvalue weighted by Crippen LogP contribution is 1.92. The van der Waals surface area contributed by atoms with Crippen molar-refractivity contribution < 1.29 is 6.22 Å². The molecule has 0 unspecified atom stereocenters. The van der Waals surface area contributed by atoms with Crippen LogP contribution < -0.4 is 5.32 Å². The summed E-state index contributed by atoms with van der Waals surface area (Å²) in [5.74, 6) is -0.0527. The van der Waals surface area contributed by atoms with Crippen molar-refractivity contribution in [3.8, 4) is 0 Å². The normalized spacial score (nSPS) is 9.27. The third kappa shape index (κ3) is 1.73. The van der Waals surface area contributed by atoms with E-state index in [9.17, 15) is 4.79 Å². The van der Waals surface area contributed by atoms with Crippen molar-refractivity contribution in [2.24, 2.45) is 0 Å². The maximum absolute atomic E-state index is 10.9. The first-order chi connectivity index (χ1) is 5.24. The number of rotatable bonds is 1. The lowest BCUT2D eigenvalue weighted by atomic mass is 10.4. The van der Waals surface area contributed by atoms with Crippen molar-refractivity contribution >= 4 is 5.91 Å². The van der Waals surface area contributed by atoms with Crippen LogP contribution in [0.3, 0.4) is 0 Å². The van der Waals surface area contributed by atoms with E-state index in [1.54, 1.807) is 19.4 Å². The second kappa shape index (κ2) is 3.09. The van der Waals surface area contributed by atoms with Crippen molar-refractivity contribution in [3.63, 3.8) is 0 Å². The Hall–Kier alpha value is -1.45.